The van der Waals surface area contributed by atoms with Crippen LogP contribution in [-0.4, -0.2) is 31.7 Å². The van der Waals surface area contributed by atoms with Crippen LogP contribution in [0.5, 0.6) is 0 Å². The molecule has 1 heterocycles. The van der Waals surface area contributed by atoms with Crippen LogP contribution in [0.15, 0.2) is 48.5 Å². The van der Waals surface area contributed by atoms with Gasteiger partial charge >= 0.3 is 12.0 Å². The maximum Gasteiger partial charge on any atom is 0.372 e. The number of nitrogens with zero attached hydrogens (tertiary/aromatic N) is 1. The Labute approximate surface area is 178 Å². The number of urea groups is 1. The molecule has 0 saturated heterocycles. The van der Waals surface area contributed by atoms with Gasteiger partial charge in [0.25, 0.3) is 0 Å². The lowest BCUT2D eigenvalue weighted by atomic mass is 9.95. The third-order valence-electron chi connectivity index (χ3n) is 4.43. The summed E-state index contributed by atoms with van der Waals surface area (Å²) in [7, 11) is 1.40. The second kappa shape index (κ2) is 8.84. The number of hydrogen-bond acceptors (Lipinski definition) is 4. The van der Waals surface area contributed by atoms with Gasteiger partial charge in [0, 0.05) is 28.2 Å². The fourth-order valence-corrected chi connectivity index (χ4v) is 3.55. The number of amides is 2. The summed E-state index contributed by atoms with van der Waals surface area (Å²) in [4.78, 5) is 25.2. The summed E-state index contributed by atoms with van der Waals surface area (Å²) in [6.45, 7) is 1.74. The highest BCUT2D eigenvalue weighted by Gasteiger charge is 2.38. The van der Waals surface area contributed by atoms with Crippen molar-refractivity contribution in [3.63, 3.8) is 0 Å². The molecule has 0 radical (unpaired) electrons. The molecule has 2 atom stereocenters. The van der Waals surface area contributed by atoms with E-state index >= 15 is 0 Å². The van der Waals surface area contributed by atoms with Crippen molar-refractivity contribution in [3.05, 3.63) is 74.9 Å². The van der Waals surface area contributed by atoms with Crippen molar-refractivity contribution in [1.82, 2.24) is 5.32 Å². The Balaban J connectivity index is 2.32. The van der Waals surface area contributed by atoms with Crippen LogP contribution in [0.1, 0.15) is 18.1 Å². The van der Waals surface area contributed by atoms with Crippen LogP contribution in [-0.2, 0) is 9.53 Å². The summed E-state index contributed by atoms with van der Waals surface area (Å²) in [5.41, 5.74) is 1.88. The molecule has 2 unspecified atom stereocenters. The van der Waals surface area contributed by atoms with Gasteiger partial charge in [-0.15, -0.1) is 5.01 Å². The lowest BCUT2D eigenvalue weighted by Crippen LogP contribution is -3.20. The van der Waals surface area contributed by atoms with Crippen molar-refractivity contribution in [2.75, 3.05) is 18.7 Å². The summed E-state index contributed by atoms with van der Waals surface area (Å²) in [6, 6.07) is 9.77. The Kier molecular flexibility index (Phi) is 6.44. The molecule has 2 aromatic carbocycles. The van der Waals surface area contributed by atoms with Crippen molar-refractivity contribution < 1.29 is 19.5 Å². The molecule has 2 amide bonds. The molecule has 1 aliphatic heterocycles. The van der Waals surface area contributed by atoms with E-state index in [0.717, 1.165) is 5.01 Å². The number of nitrogens with one attached hydrogen (secondary N) is 2. The predicted octanol–water partition coefficient (Wildman–Crippen LogP) is 2.81. The second-order valence-corrected chi connectivity index (χ2v) is 7.02. The number of esters is 1. The number of ether oxygens (including phenoxy) is 1. The first-order valence-corrected chi connectivity index (χ1v) is 9.63. The first kappa shape index (κ1) is 21.1. The van der Waals surface area contributed by atoms with Gasteiger partial charge in [-0.1, -0.05) is 41.4 Å². The SMILES string of the molecule is CCOC(=O)C1C=C(c2ccccc2Cl)c2cc(Cl)ccc2N(C(=O)NC)[NH+]1[O-]. The topological polar surface area (TPSA) is 86.1 Å². The van der Waals surface area contributed by atoms with Crippen LogP contribution < -0.4 is 15.5 Å². The molecule has 0 aromatic heterocycles. The largest absolute Gasteiger partial charge is 0.606 e. The van der Waals surface area contributed by atoms with Crippen molar-refractivity contribution in [2.24, 2.45) is 0 Å². The number of quaternary nitrogens is 1. The Hall–Kier alpha value is -2.58. The quantitative estimate of drug-likeness (QED) is 0.573. The molecule has 152 valence electrons. The lowest BCUT2D eigenvalue weighted by Gasteiger charge is -2.35. The Bertz CT molecular complexity index is 980. The fraction of sp³-hybridized carbons (Fsp3) is 0.200. The Morgan fingerprint density at radius 1 is 1.21 bits per heavy atom. The van der Waals surface area contributed by atoms with E-state index in [4.69, 9.17) is 27.9 Å². The molecule has 0 spiro atoms. The molecule has 7 nitrogen and oxygen atoms in total. The van der Waals surface area contributed by atoms with Gasteiger partial charge in [0.15, 0.2) is 0 Å². The number of hydroxylamine groups is 1. The standard InChI is InChI=1S/C20H19Cl2N3O4/c1-3-29-19(26)18-11-14(13-6-4-5-7-16(13)22)15-10-12(21)8-9-17(15)24(25(18)28)20(27)23-2/h4-11,18,25H,3H2,1-2H3,(H,23,27). The number of rotatable bonds is 3. The van der Waals surface area contributed by atoms with E-state index in [9.17, 15) is 14.8 Å². The second-order valence-electron chi connectivity index (χ2n) is 6.18. The van der Waals surface area contributed by atoms with E-state index in [1.165, 1.54) is 13.1 Å². The molecule has 0 bridgehead atoms. The predicted molar refractivity (Wildman–Crippen MR) is 112 cm³/mol. The van der Waals surface area contributed by atoms with Crippen molar-refractivity contribution in [3.8, 4) is 0 Å². The van der Waals surface area contributed by atoms with Crippen LogP contribution in [0.3, 0.4) is 0 Å². The molecule has 0 saturated carbocycles. The number of benzene rings is 2. The van der Waals surface area contributed by atoms with E-state index in [2.05, 4.69) is 5.32 Å². The van der Waals surface area contributed by atoms with Crippen molar-refractivity contribution in [2.45, 2.75) is 13.0 Å². The van der Waals surface area contributed by atoms with Crippen molar-refractivity contribution >= 4 is 46.5 Å². The summed E-state index contributed by atoms with van der Waals surface area (Å²) in [6.07, 6.45) is 1.47. The monoisotopic (exact) mass is 435 g/mol. The smallest absolute Gasteiger partial charge is 0.372 e. The van der Waals surface area contributed by atoms with Crippen LogP contribution in [0.4, 0.5) is 10.5 Å². The summed E-state index contributed by atoms with van der Waals surface area (Å²) >= 11 is 12.6. The van der Waals surface area contributed by atoms with Gasteiger partial charge < -0.3 is 15.3 Å². The summed E-state index contributed by atoms with van der Waals surface area (Å²) < 4.78 is 5.08. The number of hydrogen-bond donors (Lipinski definition) is 2. The summed E-state index contributed by atoms with van der Waals surface area (Å²) in [5.74, 6) is -0.755. The van der Waals surface area contributed by atoms with E-state index in [1.807, 2.05) is 0 Å². The molecule has 1 aliphatic rings. The highest BCUT2D eigenvalue weighted by Crippen LogP contribution is 2.37. The van der Waals surface area contributed by atoms with E-state index in [0.29, 0.717) is 26.7 Å². The molecule has 2 aromatic rings. The maximum absolute atomic E-state index is 13.2. The highest BCUT2D eigenvalue weighted by atomic mass is 35.5. The van der Waals surface area contributed by atoms with Gasteiger partial charge in [0.2, 0.25) is 6.04 Å². The van der Waals surface area contributed by atoms with Crippen LogP contribution in [0.2, 0.25) is 10.0 Å². The van der Waals surface area contributed by atoms with Gasteiger partial charge in [0.05, 0.1) is 6.61 Å². The zero-order chi connectivity index (χ0) is 21.1. The first-order chi connectivity index (χ1) is 13.9. The molecule has 3 rings (SSSR count). The number of fused-ring (bicyclic) bond motifs is 1. The normalized spacial score (nSPS) is 18.4. The number of anilines is 1. The number of halogens is 2. The van der Waals surface area contributed by atoms with Gasteiger partial charge in [0.1, 0.15) is 5.69 Å². The first-order valence-electron chi connectivity index (χ1n) is 8.88. The van der Waals surface area contributed by atoms with E-state index in [1.54, 1.807) is 49.4 Å². The van der Waals surface area contributed by atoms with Crippen molar-refractivity contribution in [1.29, 1.82) is 0 Å². The average Bonchev–Trinajstić information content (AvgIpc) is 2.82. The fourth-order valence-electron chi connectivity index (χ4n) is 3.14. The van der Waals surface area contributed by atoms with Gasteiger partial charge in [-0.2, -0.15) is 0 Å². The maximum atomic E-state index is 13.2. The van der Waals surface area contributed by atoms with Crippen LogP contribution in [0.25, 0.3) is 5.57 Å². The Morgan fingerprint density at radius 2 is 1.93 bits per heavy atom. The summed E-state index contributed by atoms with van der Waals surface area (Å²) in [5, 5.41) is 16.7. The minimum Gasteiger partial charge on any atom is -0.606 e. The highest BCUT2D eigenvalue weighted by molar-refractivity contribution is 6.33. The average molecular weight is 436 g/mol. The zero-order valence-corrected chi connectivity index (χ0v) is 17.3. The minimum atomic E-state index is -1.33. The Morgan fingerprint density at radius 3 is 2.59 bits per heavy atom. The number of carbonyl (C=O) groups is 2. The molecular weight excluding hydrogens is 417 g/mol. The zero-order valence-electron chi connectivity index (χ0n) is 15.7. The van der Waals surface area contributed by atoms with Crippen LogP contribution >= 0.6 is 23.2 Å². The van der Waals surface area contributed by atoms with Gasteiger partial charge in [-0.05, 0) is 42.8 Å². The number of carbonyl (C=O) groups excluding carboxylic acids is 2. The molecule has 0 fully saturated rings. The molecule has 0 aliphatic carbocycles. The van der Waals surface area contributed by atoms with E-state index in [-0.39, 0.29) is 12.3 Å². The lowest BCUT2D eigenvalue weighted by molar-refractivity contribution is -0.860. The molecule has 2 N–H and O–H groups in total. The third kappa shape index (κ3) is 4.09. The van der Waals surface area contributed by atoms with Crippen LogP contribution in [0, 0.1) is 5.21 Å². The van der Waals surface area contributed by atoms with E-state index < -0.39 is 23.2 Å². The molecular formula is C20H19Cl2N3O4. The minimum absolute atomic E-state index is 0.0939. The molecule has 9 heteroatoms. The third-order valence-corrected chi connectivity index (χ3v) is 5.00. The molecule has 29 heavy (non-hydrogen) atoms. The van der Waals surface area contributed by atoms with Gasteiger partial charge in [-0.25, -0.2) is 14.8 Å². The van der Waals surface area contributed by atoms with Gasteiger partial charge in [-0.3, -0.25) is 0 Å².